The van der Waals surface area contributed by atoms with Crippen LogP contribution >= 0.6 is 0 Å². The van der Waals surface area contributed by atoms with Crippen molar-refractivity contribution in [2.45, 2.75) is 0 Å². The van der Waals surface area contributed by atoms with E-state index in [2.05, 4.69) is 0 Å². The fraction of sp³-hybridized carbons (Fsp3) is 0.111. The lowest BCUT2D eigenvalue weighted by atomic mass is 10.1. The van der Waals surface area contributed by atoms with Crippen LogP contribution in [0.3, 0.4) is 0 Å². The zero-order chi connectivity index (χ0) is 16.8. The number of halogens is 1. The zero-order valence-electron chi connectivity index (χ0n) is 12.8. The van der Waals surface area contributed by atoms with Crippen molar-refractivity contribution < 1.29 is 13.9 Å². The normalized spacial score (nSPS) is 10.8. The minimum absolute atomic E-state index is 0.286. The summed E-state index contributed by atoms with van der Waals surface area (Å²) in [7, 11) is 3.42. The molecular weight excluding hydrogens is 295 g/mol. The Kier molecular flexibility index (Phi) is 5.11. The van der Waals surface area contributed by atoms with Crippen molar-refractivity contribution in [1.82, 2.24) is 4.90 Å². The Bertz CT molecular complexity index is 774. The van der Waals surface area contributed by atoms with E-state index in [9.17, 15) is 9.18 Å². The Morgan fingerprint density at radius 2 is 1.91 bits per heavy atom. The SMILES string of the molecule is CN(C)C(=COc1cccc(C#N)c1)C(=O)c1ccc(F)cc1. The van der Waals surface area contributed by atoms with E-state index >= 15 is 0 Å². The summed E-state index contributed by atoms with van der Waals surface area (Å²) in [6, 6.07) is 13.9. The maximum Gasteiger partial charge on any atom is 0.212 e. The fourth-order valence-corrected chi connectivity index (χ4v) is 1.87. The standard InChI is InChI=1S/C18H15FN2O2/c1-21(2)17(18(22)14-6-8-15(19)9-7-14)12-23-16-5-3-4-13(10-16)11-20/h3-10,12H,1-2H3. The van der Waals surface area contributed by atoms with Crippen LogP contribution in [-0.2, 0) is 0 Å². The number of benzene rings is 2. The first-order valence-electron chi connectivity index (χ1n) is 6.86. The zero-order valence-corrected chi connectivity index (χ0v) is 12.8. The summed E-state index contributed by atoms with van der Waals surface area (Å²) in [5.41, 5.74) is 1.13. The second kappa shape index (κ2) is 7.23. The number of Topliss-reactive ketones (excluding diaryl/α,β-unsaturated/α-hetero) is 1. The van der Waals surface area contributed by atoms with E-state index in [0.717, 1.165) is 0 Å². The van der Waals surface area contributed by atoms with Gasteiger partial charge in [-0.2, -0.15) is 5.26 Å². The Labute approximate surface area is 134 Å². The first-order chi connectivity index (χ1) is 11.0. The predicted molar refractivity (Wildman–Crippen MR) is 84.3 cm³/mol. The van der Waals surface area contributed by atoms with Crippen LogP contribution in [0.4, 0.5) is 4.39 Å². The van der Waals surface area contributed by atoms with E-state index < -0.39 is 5.82 Å². The maximum atomic E-state index is 13.0. The van der Waals surface area contributed by atoms with Crippen LogP contribution in [0, 0.1) is 17.1 Å². The van der Waals surface area contributed by atoms with Gasteiger partial charge < -0.3 is 9.64 Å². The first kappa shape index (κ1) is 16.2. The largest absolute Gasteiger partial charge is 0.463 e. The molecule has 116 valence electrons. The van der Waals surface area contributed by atoms with Gasteiger partial charge in [-0.3, -0.25) is 4.79 Å². The molecular formula is C18H15FN2O2. The number of hydrogen-bond acceptors (Lipinski definition) is 4. The van der Waals surface area contributed by atoms with Crippen LogP contribution in [0.2, 0.25) is 0 Å². The average molecular weight is 310 g/mol. The van der Waals surface area contributed by atoms with Crippen LogP contribution in [0.1, 0.15) is 15.9 Å². The lowest BCUT2D eigenvalue weighted by Crippen LogP contribution is -2.20. The minimum Gasteiger partial charge on any atom is -0.463 e. The summed E-state index contributed by atoms with van der Waals surface area (Å²) in [5, 5.41) is 8.87. The van der Waals surface area contributed by atoms with Crippen molar-refractivity contribution in [3.8, 4) is 11.8 Å². The smallest absolute Gasteiger partial charge is 0.212 e. The molecule has 0 N–H and O–H groups in total. The van der Waals surface area contributed by atoms with E-state index in [4.69, 9.17) is 10.00 Å². The van der Waals surface area contributed by atoms with Gasteiger partial charge in [0.05, 0.1) is 11.6 Å². The van der Waals surface area contributed by atoms with Gasteiger partial charge in [-0.05, 0) is 42.5 Å². The lowest BCUT2D eigenvalue weighted by Gasteiger charge is -2.16. The summed E-state index contributed by atoms with van der Waals surface area (Å²) in [4.78, 5) is 14.1. The highest BCUT2D eigenvalue weighted by Gasteiger charge is 2.15. The summed E-state index contributed by atoms with van der Waals surface area (Å²) in [6.45, 7) is 0. The van der Waals surface area contributed by atoms with Crippen molar-refractivity contribution in [3.05, 3.63) is 77.4 Å². The Balaban J connectivity index is 2.25. The van der Waals surface area contributed by atoms with Crippen LogP contribution in [0.5, 0.6) is 5.75 Å². The molecule has 2 rings (SSSR count). The van der Waals surface area contributed by atoms with Crippen molar-refractivity contribution in [2.24, 2.45) is 0 Å². The highest BCUT2D eigenvalue weighted by atomic mass is 19.1. The molecule has 0 atom stereocenters. The molecule has 0 saturated carbocycles. The maximum absolute atomic E-state index is 13.0. The number of nitrogens with zero attached hydrogens (tertiary/aromatic N) is 2. The number of hydrogen-bond donors (Lipinski definition) is 0. The van der Waals surface area contributed by atoms with Crippen LogP contribution in [0.15, 0.2) is 60.5 Å². The monoisotopic (exact) mass is 310 g/mol. The highest BCUT2D eigenvalue weighted by Crippen LogP contribution is 2.16. The van der Waals surface area contributed by atoms with Crippen molar-refractivity contribution in [3.63, 3.8) is 0 Å². The van der Waals surface area contributed by atoms with E-state index in [1.54, 1.807) is 43.3 Å². The molecule has 0 saturated heterocycles. The van der Waals surface area contributed by atoms with Crippen molar-refractivity contribution in [1.29, 1.82) is 5.26 Å². The van der Waals surface area contributed by atoms with Gasteiger partial charge in [-0.25, -0.2) is 4.39 Å². The molecule has 0 aliphatic rings. The van der Waals surface area contributed by atoms with Gasteiger partial charge in [0.15, 0.2) is 0 Å². The summed E-state index contributed by atoms with van der Waals surface area (Å²) in [5.74, 6) is -0.233. The lowest BCUT2D eigenvalue weighted by molar-refractivity contribution is 0.1000. The molecule has 0 aromatic heterocycles. The molecule has 0 fully saturated rings. The molecule has 0 radical (unpaired) electrons. The molecule has 23 heavy (non-hydrogen) atoms. The molecule has 0 aliphatic heterocycles. The number of ketones is 1. The third kappa shape index (κ3) is 4.17. The third-order valence-electron chi connectivity index (χ3n) is 3.09. The molecule has 4 nitrogen and oxygen atoms in total. The van der Waals surface area contributed by atoms with Gasteiger partial charge in [-0.15, -0.1) is 0 Å². The molecule has 0 spiro atoms. The first-order valence-corrected chi connectivity index (χ1v) is 6.86. The van der Waals surface area contributed by atoms with Crippen LogP contribution < -0.4 is 4.74 Å². The molecule has 0 unspecified atom stereocenters. The molecule has 2 aromatic rings. The van der Waals surface area contributed by atoms with Gasteiger partial charge in [0.2, 0.25) is 5.78 Å². The molecule has 0 bridgehead atoms. The summed E-state index contributed by atoms with van der Waals surface area (Å²) >= 11 is 0. The average Bonchev–Trinajstić information content (AvgIpc) is 2.55. The van der Waals surface area contributed by atoms with E-state index in [1.807, 2.05) is 6.07 Å². The van der Waals surface area contributed by atoms with Crippen molar-refractivity contribution in [2.75, 3.05) is 14.1 Å². The molecule has 0 heterocycles. The topological polar surface area (TPSA) is 53.3 Å². The van der Waals surface area contributed by atoms with Gasteiger partial charge in [0, 0.05) is 19.7 Å². The summed E-state index contributed by atoms with van der Waals surface area (Å²) in [6.07, 6.45) is 1.32. The molecule has 2 aromatic carbocycles. The Morgan fingerprint density at radius 3 is 2.52 bits per heavy atom. The number of allylic oxidation sites excluding steroid dienone is 1. The third-order valence-corrected chi connectivity index (χ3v) is 3.09. The highest BCUT2D eigenvalue weighted by molar-refractivity contribution is 6.08. The fourth-order valence-electron chi connectivity index (χ4n) is 1.87. The van der Waals surface area contributed by atoms with Crippen LogP contribution in [-0.4, -0.2) is 24.8 Å². The number of carbonyl (C=O) groups is 1. The van der Waals surface area contributed by atoms with E-state index in [1.165, 1.54) is 30.5 Å². The van der Waals surface area contributed by atoms with Gasteiger partial charge >= 0.3 is 0 Å². The number of carbonyl (C=O) groups excluding carboxylic acids is 1. The van der Waals surface area contributed by atoms with Gasteiger partial charge in [0.1, 0.15) is 23.5 Å². The van der Waals surface area contributed by atoms with Crippen LogP contribution in [0.25, 0.3) is 0 Å². The number of nitriles is 1. The number of ether oxygens (including phenoxy) is 1. The van der Waals surface area contributed by atoms with E-state index in [0.29, 0.717) is 22.6 Å². The number of rotatable bonds is 5. The van der Waals surface area contributed by atoms with Gasteiger partial charge in [0.25, 0.3) is 0 Å². The predicted octanol–water partition coefficient (Wildman–Crippen LogP) is 3.36. The Morgan fingerprint density at radius 1 is 1.22 bits per heavy atom. The van der Waals surface area contributed by atoms with Gasteiger partial charge in [-0.1, -0.05) is 6.07 Å². The second-order valence-corrected chi connectivity index (χ2v) is 4.99. The Hall–Kier alpha value is -3.13. The molecule has 5 heteroatoms. The quantitative estimate of drug-likeness (QED) is 0.483. The minimum atomic E-state index is -0.401. The molecule has 0 aliphatic carbocycles. The second-order valence-electron chi connectivity index (χ2n) is 4.99. The van der Waals surface area contributed by atoms with E-state index in [-0.39, 0.29) is 5.78 Å². The van der Waals surface area contributed by atoms with Crippen molar-refractivity contribution >= 4 is 5.78 Å². The number of likely N-dealkylation sites (N-methyl/N-ethyl adjacent to an activating group) is 1. The summed E-state index contributed by atoms with van der Waals surface area (Å²) < 4.78 is 18.5. The molecule has 0 amide bonds.